The van der Waals surface area contributed by atoms with Crippen LogP contribution in [0.4, 0.5) is 9.59 Å². The second-order valence-electron chi connectivity index (χ2n) is 4.06. The first-order valence-electron chi connectivity index (χ1n) is 4.93. The Hall–Kier alpha value is -1.46. The van der Waals surface area contributed by atoms with Gasteiger partial charge in [-0.1, -0.05) is 0 Å². The van der Waals surface area contributed by atoms with Gasteiger partial charge < -0.3 is 20.4 Å². The third-order valence-corrected chi connectivity index (χ3v) is 2.43. The zero-order valence-electron chi connectivity index (χ0n) is 9.57. The Balaban J connectivity index is 2.60. The normalized spacial score (nSPS) is 25.9. The van der Waals surface area contributed by atoms with E-state index < -0.39 is 0 Å². The van der Waals surface area contributed by atoms with E-state index in [4.69, 9.17) is 0 Å². The minimum atomic E-state index is -0.233. The van der Waals surface area contributed by atoms with Gasteiger partial charge in [-0.3, -0.25) is 0 Å². The second-order valence-corrected chi connectivity index (χ2v) is 4.06. The summed E-state index contributed by atoms with van der Waals surface area (Å²) in [6, 6.07) is -0.257. The Labute approximate surface area is 89.6 Å². The first-order valence-corrected chi connectivity index (χ1v) is 4.93. The van der Waals surface area contributed by atoms with Crippen molar-refractivity contribution in [1.82, 2.24) is 20.4 Å². The van der Waals surface area contributed by atoms with Crippen molar-refractivity contribution in [2.45, 2.75) is 25.6 Å². The lowest BCUT2D eigenvalue weighted by Crippen LogP contribution is -2.61. The van der Waals surface area contributed by atoms with E-state index in [-0.39, 0.29) is 24.3 Å². The topological polar surface area (TPSA) is 64.7 Å². The van der Waals surface area contributed by atoms with Gasteiger partial charge in [0.25, 0.3) is 0 Å². The molecule has 1 saturated heterocycles. The van der Waals surface area contributed by atoms with E-state index in [0.29, 0.717) is 6.42 Å². The lowest BCUT2D eigenvalue weighted by Gasteiger charge is -2.37. The molecule has 86 valence electrons. The minimum Gasteiger partial charge on any atom is -0.335 e. The van der Waals surface area contributed by atoms with Gasteiger partial charge in [0, 0.05) is 33.6 Å². The van der Waals surface area contributed by atoms with Gasteiger partial charge in [0.05, 0.1) is 0 Å². The summed E-state index contributed by atoms with van der Waals surface area (Å²) < 4.78 is 0. The molecule has 0 radical (unpaired) electrons. The fourth-order valence-electron chi connectivity index (χ4n) is 1.43. The van der Waals surface area contributed by atoms with Gasteiger partial charge in [0.2, 0.25) is 0 Å². The fraction of sp³-hybridized carbons (Fsp3) is 0.778. The molecule has 6 heteroatoms. The van der Waals surface area contributed by atoms with Crippen LogP contribution >= 0.6 is 0 Å². The van der Waals surface area contributed by atoms with Gasteiger partial charge in [-0.25, -0.2) is 9.59 Å². The SMILES string of the molecule is C[C@@H]1C[C@H](NC(=O)N(C)C)N(C)C(=O)N1. The maximum atomic E-state index is 11.4. The van der Waals surface area contributed by atoms with E-state index in [1.807, 2.05) is 6.92 Å². The number of amides is 4. The molecule has 2 atom stereocenters. The number of urea groups is 2. The van der Waals surface area contributed by atoms with E-state index in [2.05, 4.69) is 10.6 Å². The Morgan fingerprint density at radius 3 is 2.73 bits per heavy atom. The summed E-state index contributed by atoms with van der Waals surface area (Å²) in [6.45, 7) is 1.92. The molecule has 1 aliphatic heterocycles. The minimum absolute atomic E-state index is 0.0844. The number of nitrogens with zero attached hydrogens (tertiary/aromatic N) is 2. The summed E-state index contributed by atoms with van der Waals surface area (Å²) in [5, 5.41) is 5.56. The summed E-state index contributed by atoms with van der Waals surface area (Å²) >= 11 is 0. The predicted molar refractivity (Wildman–Crippen MR) is 56.4 cm³/mol. The molecule has 1 aliphatic rings. The van der Waals surface area contributed by atoms with E-state index in [1.54, 1.807) is 21.1 Å². The van der Waals surface area contributed by atoms with E-state index in [1.165, 1.54) is 9.80 Å². The van der Waals surface area contributed by atoms with Gasteiger partial charge >= 0.3 is 12.1 Å². The predicted octanol–water partition coefficient (Wildman–Crippen LogP) is 0.0173. The molecule has 4 amide bonds. The van der Waals surface area contributed by atoms with Crippen molar-refractivity contribution in [3.05, 3.63) is 0 Å². The van der Waals surface area contributed by atoms with Crippen LogP contribution in [0.5, 0.6) is 0 Å². The highest BCUT2D eigenvalue weighted by Crippen LogP contribution is 2.09. The molecule has 2 N–H and O–H groups in total. The summed E-state index contributed by atoms with van der Waals surface area (Å²) in [6.07, 6.45) is 0.477. The van der Waals surface area contributed by atoms with E-state index in [9.17, 15) is 9.59 Å². The lowest BCUT2D eigenvalue weighted by atomic mass is 10.1. The van der Waals surface area contributed by atoms with Crippen molar-refractivity contribution in [3.8, 4) is 0 Å². The number of hydrogen-bond donors (Lipinski definition) is 2. The third-order valence-electron chi connectivity index (χ3n) is 2.43. The number of carbonyl (C=O) groups is 2. The molecule has 1 heterocycles. The second kappa shape index (κ2) is 4.37. The Morgan fingerprint density at radius 2 is 2.20 bits per heavy atom. The molecule has 0 aromatic rings. The lowest BCUT2D eigenvalue weighted by molar-refractivity contribution is 0.140. The molecule has 0 bridgehead atoms. The zero-order valence-corrected chi connectivity index (χ0v) is 9.57. The number of carbonyl (C=O) groups excluding carboxylic acids is 2. The molecule has 0 aliphatic carbocycles. The molecular weight excluding hydrogens is 196 g/mol. The molecule has 0 aromatic heterocycles. The van der Waals surface area contributed by atoms with Crippen LogP contribution in [-0.4, -0.2) is 55.2 Å². The summed E-state index contributed by atoms with van der Waals surface area (Å²) in [5.74, 6) is 0. The maximum Gasteiger partial charge on any atom is 0.318 e. The Kier molecular flexibility index (Phi) is 3.39. The first kappa shape index (κ1) is 11.6. The molecule has 1 rings (SSSR count). The van der Waals surface area contributed by atoms with Crippen LogP contribution in [-0.2, 0) is 0 Å². The summed E-state index contributed by atoms with van der Waals surface area (Å²) in [7, 11) is 5.01. The molecule has 15 heavy (non-hydrogen) atoms. The average Bonchev–Trinajstić information content (AvgIpc) is 2.13. The van der Waals surface area contributed by atoms with Crippen molar-refractivity contribution in [1.29, 1.82) is 0 Å². The molecule has 6 nitrogen and oxygen atoms in total. The smallest absolute Gasteiger partial charge is 0.318 e. The standard InChI is InChI=1S/C9H18N4O2/c1-6-5-7(11-8(14)12(2)3)13(4)9(15)10-6/h6-7H,5H2,1-4H3,(H,10,15)(H,11,14)/t6-,7-/m1/s1. The van der Waals surface area contributed by atoms with Crippen LogP contribution in [0.15, 0.2) is 0 Å². The number of hydrogen-bond acceptors (Lipinski definition) is 2. The maximum absolute atomic E-state index is 11.4. The van der Waals surface area contributed by atoms with Crippen molar-refractivity contribution >= 4 is 12.1 Å². The largest absolute Gasteiger partial charge is 0.335 e. The molecule has 0 spiro atoms. The van der Waals surface area contributed by atoms with E-state index >= 15 is 0 Å². The number of rotatable bonds is 1. The molecule has 0 unspecified atom stereocenters. The van der Waals surface area contributed by atoms with Gasteiger partial charge in [0.1, 0.15) is 6.17 Å². The molecular formula is C9H18N4O2. The van der Waals surface area contributed by atoms with Crippen LogP contribution in [0.25, 0.3) is 0 Å². The van der Waals surface area contributed by atoms with Crippen molar-refractivity contribution < 1.29 is 9.59 Å². The van der Waals surface area contributed by atoms with Crippen molar-refractivity contribution in [3.63, 3.8) is 0 Å². The van der Waals surface area contributed by atoms with Crippen molar-refractivity contribution in [2.24, 2.45) is 0 Å². The van der Waals surface area contributed by atoms with Gasteiger partial charge in [-0.2, -0.15) is 0 Å². The Bertz CT molecular complexity index is 267. The third kappa shape index (κ3) is 2.74. The van der Waals surface area contributed by atoms with Crippen LogP contribution in [0.2, 0.25) is 0 Å². The summed E-state index contributed by atoms with van der Waals surface area (Å²) in [4.78, 5) is 25.8. The summed E-state index contributed by atoms with van der Waals surface area (Å²) in [5.41, 5.74) is 0. The number of nitrogens with one attached hydrogen (secondary N) is 2. The highest BCUT2D eigenvalue weighted by molar-refractivity contribution is 5.78. The van der Waals surface area contributed by atoms with Crippen LogP contribution in [0, 0.1) is 0 Å². The van der Waals surface area contributed by atoms with Gasteiger partial charge in [0.15, 0.2) is 0 Å². The van der Waals surface area contributed by atoms with E-state index in [0.717, 1.165) is 0 Å². The molecule has 0 saturated carbocycles. The fourth-order valence-corrected chi connectivity index (χ4v) is 1.43. The van der Waals surface area contributed by atoms with Crippen molar-refractivity contribution in [2.75, 3.05) is 21.1 Å². The first-order chi connectivity index (χ1) is 6.91. The highest BCUT2D eigenvalue weighted by Gasteiger charge is 2.29. The molecule has 1 fully saturated rings. The monoisotopic (exact) mass is 214 g/mol. The van der Waals surface area contributed by atoms with Gasteiger partial charge in [-0.05, 0) is 6.92 Å². The van der Waals surface area contributed by atoms with Gasteiger partial charge in [-0.15, -0.1) is 0 Å². The quantitative estimate of drug-likeness (QED) is 0.646. The van der Waals surface area contributed by atoms with Crippen LogP contribution in [0.3, 0.4) is 0 Å². The zero-order chi connectivity index (χ0) is 11.6. The van der Waals surface area contributed by atoms with Crippen LogP contribution < -0.4 is 10.6 Å². The molecule has 0 aromatic carbocycles. The average molecular weight is 214 g/mol. The Morgan fingerprint density at radius 1 is 1.60 bits per heavy atom. The van der Waals surface area contributed by atoms with Crippen LogP contribution in [0.1, 0.15) is 13.3 Å². The highest BCUT2D eigenvalue weighted by atomic mass is 16.2.